The Morgan fingerprint density at radius 1 is 1.35 bits per heavy atom. The first-order chi connectivity index (χ1) is 10.9. The Hall–Kier alpha value is -1.60. The van der Waals surface area contributed by atoms with Gasteiger partial charge in [0.05, 0.1) is 11.5 Å². The lowest BCUT2D eigenvalue weighted by Gasteiger charge is -2.24. The van der Waals surface area contributed by atoms with Crippen LogP contribution in [-0.4, -0.2) is 51.9 Å². The van der Waals surface area contributed by atoms with Crippen molar-refractivity contribution in [1.82, 2.24) is 10.2 Å². The lowest BCUT2D eigenvalue weighted by molar-refractivity contribution is 0.166. The second-order valence-electron chi connectivity index (χ2n) is 5.84. The Bertz CT molecular complexity index is 622. The zero-order chi connectivity index (χ0) is 16.9. The van der Waals surface area contributed by atoms with Crippen LogP contribution in [0.3, 0.4) is 0 Å². The van der Waals surface area contributed by atoms with Crippen molar-refractivity contribution in [3.8, 4) is 0 Å². The number of ether oxygens (including phenoxy) is 1. The molecule has 0 radical (unpaired) electrons. The van der Waals surface area contributed by atoms with Crippen molar-refractivity contribution < 1.29 is 17.9 Å². The first-order valence-corrected chi connectivity index (χ1v) is 9.68. The van der Waals surface area contributed by atoms with Gasteiger partial charge >= 0.3 is 6.03 Å². The van der Waals surface area contributed by atoms with E-state index in [1.165, 1.54) is 6.26 Å². The molecular weight excluding hydrogens is 316 g/mol. The largest absolute Gasteiger partial charge is 0.381 e. The maximum Gasteiger partial charge on any atom is 0.317 e. The summed E-state index contributed by atoms with van der Waals surface area (Å²) in [5, 5.41) is 2.88. The second-order valence-corrected chi connectivity index (χ2v) is 7.86. The van der Waals surface area contributed by atoms with Crippen LogP contribution >= 0.6 is 0 Å². The molecule has 0 unspecified atom stereocenters. The quantitative estimate of drug-likeness (QED) is 0.854. The topological polar surface area (TPSA) is 75.7 Å². The number of nitrogens with one attached hydrogen (secondary N) is 1. The molecule has 1 aliphatic rings. The van der Waals surface area contributed by atoms with Crippen LogP contribution < -0.4 is 5.32 Å². The number of carbonyl (C=O) groups excluding carboxylic acids is 1. The number of nitrogens with zero attached hydrogens (tertiary/aromatic N) is 1. The normalized spacial score (nSPS) is 17.9. The molecule has 0 aliphatic carbocycles. The predicted molar refractivity (Wildman–Crippen MR) is 88.0 cm³/mol. The molecule has 1 atom stereocenters. The summed E-state index contributed by atoms with van der Waals surface area (Å²) in [7, 11) is -3.19. The number of carbonyl (C=O) groups is 1. The molecule has 1 aromatic rings. The smallest absolute Gasteiger partial charge is 0.317 e. The van der Waals surface area contributed by atoms with Crippen molar-refractivity contribution in [1.29, 1.82) is 0 Å². The molecule has 6 nitrogen and oxygen atoms in total. The average Bonchev–Trinajstić information content (AvgIpc) is 3.03. The molecule has 2 rings (SSSR count). The number of rotatable bonds is 6. The predicted octanol–water partition coefficient (Wildman–Crippen LogP) is 1.66. The van der Waals surface area contributed by atoms with Crippen LogP contribution in [0.5, 0.6) is 0 Å². The minimum atomic E-state index is -3.19. The summed E-state index contributed by atoms with van der Waals surface area (Å²) in [6.45, 7) is 5.18. The van der Waals surface area contributed by atoms with Gasteiger partial charge in [0.15, 0.2) is 9.84 Å². The Balaban J connectivity index is 1.87. The number of amides is 2. The lowest BCUT2D eigenvalue weighted by Crippen LogP contribution is -2.42. The van der Waals surface area contributed by atoms with Crippen LogP contribution in [-0.2, 0) is 21.1 Å². The van der Waals surface area contributed by atoms with Crippen LogP contribution in [0.4, 0.5) is 4.79 Å². The third-order valence-electron chi connectivity index (χ3n) is 3.97. The Morgan fingerprint density at radius 3 is 2.57 bits per heavy atom. The molecule has 0 aromatic heterocycles. The van der Waals surface area contributed by atoms with E-state index < -0.39 is 9.84 Å². The van der Waals surface area contributed by atoms with Crippen molar-refractivity contribution in [3.63, 3.8) is 0 Å². The standard InChI is InChI=1S/C16H24N2O4S/c1-3-18(11-14-8-9-22-12-14)16(19)17-10-13-4-6-15(7-5-13)23(2,20)21/h4-7,14H,3,8-12H2,1-2H3,(H,17,19)/t14-/m1/s1. The monoisotopic (exact) mass is 340 g/mol. The number of hydrogen-bond acceptors (Lipinski definition) is 4. The fourth-order valence-corrected chi connectivity index (χ4v) is 3.17. The van der Waals surface area contributed by atoms with E-state index in [2.05, 4.69) is 5.32 Å². The van der Waals surface area contributed by atoms with Gasteiger partial charge in [0.25, 0.3) is 0 Å². The van der Waals surface area contributed by atoms with Gasteiger partial charge in [-0.2, -0.15) is 0 Å². The molecule has 0 saturated carbocycles. The van der Waals surface area contributed by atoms with E-state index >= 15 is 0 Å². The zero-order valence-corrected chi connectivity index (χ0v) is 14.4. The molecule has 1 N–H and O–H groups in total. The molecule has 23 heavy (non-hydrogen) atoms. The van der Waals surface area contributed by atoms with E-state index in [4.69, 9.17) is 4.74 Å². The van der Waals surface area contributed by atoms with Crippen molar-refractivity contribution in [2.75, 3.05) is 32.6 Å². The molecule has 1 aromatic carbocycles. The summed E-state index contributed by atoms with van der Waals surface area (Å²) in [4.78, 5) is 14.3. The molecule has 1 aliphatic heterocycles. The highest BCUT2D eigenvalue weighted by Gasteiger charge is 2.21. The Morgan fingerprint density at radius 2 is 2.04 bits per heavy atom. The Labute approximate surface area is 137 Å². The molecule has 1 fully saturated rings. The van der Waals surface area contributed by atoms with Gasteiger partial charge in [-0.25, -0.2) is 13.2 Å². The van der Waals surface area contributed by atoms with Gasteiger partial charge < -0.3 is 15.0 Å². The number of hydrogen-bond donors (Lipinski definition) is 1. The van der Waals surface area contributed by atoms with Crippen LogP contribution in [0.2, 0.25) is 0 Å². The van der Waals surface area contributed by atoms with Crippen molar-refractivity contribution >= 4 is 15.9 Å². The molecule has 1 saturated heterocycles. The second kappa shape index (κ2) is 7.79. The zero-order valence-electron chi connectivity index (χ0n) is 13.6. The lowest BCUT2D eigenvalue weighted by atomic mass is 10.1. The fraction of sp³-hybridized carbons (Fsp3) is 0.562. The molecule has 0 spiro atoms. The summed E-state index contributed by atoms with van der Waals surface area (Å²) in [6.07, 6.45) is 2.17. The fourth-order valence-electron chi connectivity index (χ4n) is 2.54. The van der Waals surface area contributed by atoms with Crippen molar-refractivity contribution in [2.45, 2.75) is 24.8 Å². The van der Waals surface area contributed by atoms with Gasteiger partial charge in [0.1, 0.15) is 0 Å². The first-order valence-electron chi connectivity index (χ1n) is 7.79. The minimum Gasteiger partial charge on any atom is -0.381 e. The number of sulfone groups is 1. The van der Waals surface area contributed by atoms with Crippen LogP contribution in [0, 0.1) is 5.92 Å². The van der Waals surface area contributed by atoms with Crippen molar-refractivity contribution in [3.05, 3.63) is 29.8 Å². The van der Waals surface area contributed by atoms with E-state index in [9.17, 15) is 13.2 Å². The Kier molecular flexibility index (Phi) is 6.01. The van der Waals surface area contributed by atoms with Gasteiger partial charge in [-0.15, -0.1) is 0 Å². The molecule has 7 heteroatoms. The molecular formula is C16H24N2O4S. The summed E-state index contributed by atoms with van der Waals surface area (Å²) in [5.41, 5.74) is 0.867. The molecule has 1 heterocycles. The highest BCUT2D eigenvalue weighted by molar-refractivity contribution is 7.90. The van der Waals surface area contributed by atoms with Crippen LogP contribution in [0.1, 0.15) is 18.9 Å². The molecule has 128 valence electrons. The van der Waals surface area contributed by atoms with E-state index in [-0.39, 0.29) is 10.9 Å². The summed E-state index contributed by atoms with van der Waals surface area (Å²) in [5.74, 6) is 0.412. The summed E-state index contributed by atoms with van der Waals surface area (Å²) in [6, 6.07) is 6.45. The average molecular weight is 340 g/mol. The first kappa shape index (κ1) is 17.7. The van der Waals surface area contributed by atoms with Crippen molar-refractivity contribution in [2.24, 2.45) is 5.92 Å². The number of urea groups is 1. The van der Waals surface area contributed by atoms with E-state index in [0.717, 1.165) is 25.2 Å². The van der Waals surface area contributed by atoms with Crippen LogP contribution in [0.15, 0.2) is 29.2 Å². The third-order valence-corrected chi connectivity index (χ3v) is 5.10. The molecule has 2 amide bonds. The minimum absolute atomic E-state index is 0.105. The van der Waals surface area contributed by atoms with Gasteiger partial charge in [0, 0.05) is 38.4 Å². The van der Waals surface area contributed by atoms with E-state index in [0.29, 0.717) is 25.6 Å². The molecule has 0 bridgehead atoms. The SMILES string of the molecule is CCN(C[C@H]1CCOC1)C(=O)NCc1ccc(S(C)(=O)=O)cc1. The van der Waals surface area contributed by atoms with E-state index in [1.54, 1.807) is 29.2 Å². The highest BCUT2D eigenvalue weighted by atomic mass is 32.2. The highest BCUT2D eigenvalue weighted by Crippen LogP contribution is 2.14. The maximum absolute atomic E-state index is 12.2. The van der Waals surface area contributed by atoms with Crippen LogP contribution in [0.25, 0.3) is 0 Å². The summed E-state index contributed by atoms with van der Waals surface area (Å²) < 4.78 is 28.2. The third kappa shape index (κ3) is 5.21. The van der Waals surface area contributed by atoms with Gasteiger partial charge in [-0.05, 0) is 31.0 Å². The van der Waals surface area contributed by atoms with E-state index in [1.807, 2.05) is 6.92 Å². The van der Waals surface area contributed by atoms with Gasteiger partial charge in [0.2, 0.25) is 0 Å². The number of benzene rings is 1. The summed E-state index contributed by atoms with van der Waals surface area (Å²) >= 11 is 0. The van der Waals surface area contributed by atoms with Gasteiger partial charge in [-0.3, -0.25) is 0 Å². The maximum atomic E-state index is 12.2. The van der Waals surface area contributed by atoms with Gasteiger partial charge in [-0.1, -0.05) is 12.1 Å².